The number of benzene rings is 1. The number of halogens is 2. The van der Waals surface area contributed by atoms with Crippen molar-refractivity contribution in [3.8, 4) is 0 Å². The van der Waals surface area contributed by atoms with Crippen molar-refractivity contribution in [1.29, 1.82) is 0 Å². The fourth-order valence-corrected chi connectivity index (χ4v) is 1.91. The van der Waals surface area contributed by atoms with Gasteiger partial charge in [0.15, 0.2) is 0 Å². The van der Waals surface area contributed by atoms with Crippen molar-refractivity contribution in [3.05, 3.63) is 28.2 Å². The van der Waals surface area contributed by atoms with Gasteiger partial charge in [-0.1, -0.05) is 43.1 Å². The van der Waals surface area contributed by atoms with Gasteiger partial charge in [0.05, 0.1) is 15.7 Å². The largest absolute Gasteiger partial charge is 0.373 e. The van der Waals surface area contributed by atoms with Crippen LogP contribution in [0.5, 0.6) is 0 Å². The van der Waals surface area contributed by atoms with Crippen LogP contribution in [0.2, 0.25) is 10.0 Å². The first-order valence-corrected chi connectivity index (χ1v) is 7.15. The van der Waals surface area contributed by atoms with E-state index in [0.717, 1.165) is 6.42 Å². The third-order valence-corrected chi connectivity index (χ3v) is 3.56. The molecule has 1 aromatic carbocycles. The van der Waals surface area contributed by atoms with Gasteiger partial charge in [-0.15, -0.1) is 0 Å². The molecule has 1 rings (SSSR count). The average molecular weight is 303 g/mol. The molecule has 0 radical (unpaired) electrons. The highest BCUT2D eigenvalue weighted by Crippen LogP contribution is 2.29. The van der Waals surface area contributed by atoms with Crippen LogP contribution in [0.1, 0.15) is 27.2 Å². The van der Waals surface area contributed by atoms with E-state index in [2.05, 4.69) is 24.5 Å². The first kappa shape index (κ1) is 16.1. The van der Waals surface area contributed by atoms with E-state index in [1.54, 1.807) is 25.1 Å². The Morgan fingerprint density at radius 1 is 1.26 bits per heavy atom. The van der Waals surface area contributed by atoms with Crippen LogP contribution in [-0.2, 0) is 4.79 Å². The number of rotatable bonds is 6. The van der Waals surface area contributed by atoms with Gasteiger partial charge in [0.2, 0.25) is 5.91 Å². The summed E-state index contributed by atoms with van der Waals surface area (Å²) in [6.07, 6.45) is 0.969. The maximum atomic E-state index is 11.9. The molecule has 0 fully saturated rings. The zero-order valence-corrected chi connectivity index (χ0v) is 13.0. The predicted octanol–water partition coefficient (Wildman–Crippen LogP) is 3.96. The van der Waals surface area contributed by atoms with Crippen LogP contribution in [0.15, 0.2) is 18.2 Å². The van der Waals surface area contributed by atoms with Gasteiger partial charge in [0.1, 0.15) is 6.04 Å². The number of carbonyl (C=O) groups excluding carboxylic acids is 1. The van der Waals surface area contributed by atoms with Crippen LogP contribution in [0.3, 0.4) is 0 Å². The number of nitrogens with one attached hydrogen (secondary N) is 2. The molecule has 0 saturated carbocycles. The van der Waals surface area contributed by atoms with E-state index >= 15 is 0 Å². The van der Waals surface area contributed by atoms with E-state index in [0.29, 0.717) is 28.2 Å². The Balaban J connectivity index is 2.52. The number of carbonyl (C=O) groups is 1. The minimum Gasteiger partial charge on any atom is -0.373 e. The Morgan fingerprint density at radius 3 is 2.58 bits per heavy atom. The molecule has 0 saturated heterocycles. The SMILES string of the molecule is CC(C)CCNC(=O)C(C)Nc1cccc(Cl)c1Cl. The monoisotopic (exact) mass is 302 g/mol. The Morgan fingerprint density at radius 2 is 1.95 bits per heavy atom. The maximum Gasteiger partial charge on any atom is 0.242 e. The van der Waals surface area contributed by atoms with Crippen molar-refractivity contribution in [2.24, 2.45) is 5.92 Å². The van der Waals surface area contributed by atoms with Crippen LogP contribution in [-0.4, -0.2) is 18.5 Å². The summed E-state index contributed by atoms with van der Waals surface area (Å²) in [6, 6.07) is 4.94. The topological polar surface area (TPSA) is 41.1 Å². The summed E-state index contributed by atoms with van der Waals surface area (Å²) >= 11 is 12.0. The minimum absolute atomic E-state index is 0.0447. The maximum absolute atomic E-state index is 11.9. The molecule has 0 aliphatic carbocycles. The number of anilines is 1. The third-order valence-electron chi connectivity index (χ3n) is 2.74. The zero-order valence-electron chi connectivity index (χ0n) is 11.5. The lowest BCUT2D eigenvalue weighted by molar-refractivity contribution is -0.121. The van der Waals surface area contributed by atoms with E-state index in [4.69, 9.17) is 23.2 Å². The van der Waals surface area contributed by atoms with Crippen molar-refractivity contribution >= 4 is 34.8 Å². The molecule has 0 aliphatic heterocycles. The molecule has 1 unspecified atom stereocenters. The second-order valence-electron chi connectivity index (χ2n) is 4.94. The Labute approximate surface area is 124 Å². The molecule has 0 bridgehead atoms. The van der Waals surface area contributed by atoms with Crippen LogP contribution in [0.4, 0.5) is 5.69 Å². The van der Waals surface area contributed by atoms with Gasteiger partial charge < -0.3 is 10.6 Å². The molecule has 3 nitrogen and oxygen atoms in total. The smallest absolute Gasteiger partial charge is 0.242 e. The lowest BCUT2D eigenvalue weighted by Crippen LogP contribution is -2.38. The summed E-state index contributed by atoms with van der Waals surface area (Å²) in [7, 11) is 0. The lowest BCUT2D eigenvalue weighted by Gasteiger charge is -2.17. The summed E-state index contributed by atoms with van der Waals surface area (Å²) < 4.78 is 0. The van der Waals surface area contributed by atoms with E-state index in [1.165, 1.54) is 0 Å². The summed E-state index contributed by atoms with van der Waals surface area (Å²) in [5, 5.41) is 6.86. The molecule has 106 valence electrons. The van der Waals surface area contributed by atoms with Crippen molar-refractivity contribution < 1.29 is 4.79 Å². The van der Waals surface area contributed by atoms with Crippen molar-refractivity contribution in [3.63, 3.8) is 0 Å². The van der Waals surface area contributed by atoms with Crippen LogP contribution in [0.25, 0.3) is 0 Å². The second-order valence-corrected chi connectivity index (χ2v) is 5.73. The lowest BCUT2D eigenvalue weighted by atomic mass is 10.1. The van der Waals surface area contributed by atoms with Crippen LogP contribution >= 0.6 is 23.2 Å². The Hall–Kier alpha value is -0.930. The summed E-state index contributed by atoms with van der Waals surface area (Å²) in [5.74, 6) is 0.530. The summed E-state index contributed by atoms with van der Waals surface area (Å²) in [4.78, 5) is 11.9. The fourth-order valence-electron chi connectivity index (χ4n) is 1.55. The fraction of sp³-hybridized carbons (Fsp3) is 0.500. The molecule has 0 heterocycles. The number of hydrogen-bond acceptors (Lipinski definition) is 2. The predicted molar refractivity (Wildman–Crippen MR) is 82.0 cm³/mol. The highest BCUT2D eigenvalue weighted by Gasteiger charge is 2.14. The number of hydrogen-bond donors (Lipinski definition) is 2. The molecule has 0 aromatic heterocycles. The molecular weight excluding hydrogens is 283 g/mol. The van der Waals surface area contributed by atoms with Gasteiger partial charge in [0, 0.05) is 6.54 Å². The molecule has 19 heavy (non-hydrogen) atoms. The van der Waals surface area contributed by atoms with Gasteiger partial charge in [-0.3, -0.25) is 4.79 Å². The van der Waals surface area contributed by atoms with Gasteiger partial charge in [-0.05, 0) is 31.4 Å². The van der Waals surface area contributed by atoms with Crippen LogP contribution in [0, 0.1) is 5.92 Å². The highest BCUT2D eigenvalue weighted by atomic mass is 35.5. The molecule has 0 spiro atoms. The standard InChI is InChI=1S/C14H20Cl2N2O/c1-9(2)7-8-17-14(19)10(3)18-12-6-4-5-11(15)13(12)16/h4-6,9-10,18H,7-8H2,1-3H3,(H,17,19). The van der Waals surface area contributed by atoms with Gasteiger partial charge in [0.25, 0.3) is 0 Å². The average Bonchev–Trinajstić information content (AvgIpc) is 2.34. The van der Waals surface area contributed by atoms with E-state index in [9.17, 15) is 4.79 Å². The van der Waals surface area contributed by atoms with E-state index in [-0.39, 0.29) is 11.9 Å². The Bertz CT molecular complexity index is 435. The van der Waals surface area contributed by atoms with Crippen molar-refractivity contribution in [2.75, 3.05) is 11.9 Å². The molecule has 1 atom stereocenters. The van der Waals surface area contributed by atoms with Crippen LogP contribution < -0.4 is 10.6 Å². The van der Waals surface area contributed by atoms with E-state index in [1.807, 2.05) is 0 Å². The summed E-state index contributed by atoms with van der Waals surface area (Å²) in [5.41, 5.74) is 0.667. The first-order chi connectivity index (χ1) is 8.91. The zero-order chi connectivity index (χ0) is 14.4. The third kappa shape index (κ3) is 5.29. The molecule has 5 heteroatoms. The highest BCUT2D eigenvalue weighted by molar-refractivity contribution is 6.43. The van der Waals surface area contributed by atoms with Crippen molar-refractivity contribution in [1.82, 2.24) is 5.32 Å². The molecular formula is C14H20Cl2N2O. The summed E-state index contributed by atoms with van der Waals surface area (Å²) in [6.45, 7) is 6.73. The van der Waals surface area contributed by atoms with Crippen molar-refractivity contribution in [2.45, 2.75) is 33.2 Å². The quantitative estimate of drug-likeness (QED) is 0.835. The van der Waals surface area contributed by atoms with Gasteiger partial charge >= 0.3 is 0 Å². The minimum atomic E-state index is -0.358. The molecule has 2 N–H and O–H groups in total. The Kier molecular flexibility index (Phi) is 6.46. The van der Waals surface area contributed by atoms with Gasteiger partial charge in [-0.2, -0.15) is 0 Å². The molecule has 1 aromatic rings. The number of amides is 1. The van der Waals surface area contributed by atoms with E-state index < -0.39 is 0 Å². The second kappa shape index (κ2) is 7.61. The normalized spacial score (nSPS) is 12.3. The molecule has 1 amide bonds. The molecule has 0 aliphatic rings. The first-order valence-electron chi connectivity index (χ1n) is 6.40. The van der Waals surface area contributed by atoms with Gasteiger partial charge in [-0.25, -0.2) is 0 Å².